The normalized spacial score (nSPS) is 18.6. The molecular formula is C24H31ClN4O2. The van der Waals surface area contributed by atoms with E-state index < -0.39 is 0 Å². The molecule has 166 valence electrons. The second-order valence-corrected chi connectivity index (χ2v) is 9.01. The number of nitrogens with zero attached hydrogens (tertiary/aromatic N) is 2. The number of halogens is 1. The van der Waals surface area contributed by atoms with Crippen LogP contribution in [0.2, 0.25) is 5.02 Å². The smallest absolute Gasteiger partial charge is 0.258 e. The number of aromatic nitrogens is 1. The fourth-order valence-corrected chi connectivity index (χ4v) is 4.57. The molecule has 0 aliphatic carbocycles. The van der Waals surface area contributed by atoms with E-state index in [-0.39, 0.29) is 5.91 Å². The fourth-order valence-electron chi connectivity index (χ4n) is 4.46. The summed E-state index contributed by atoms with van der Waals surface area (Å²) in [5, 5.41) is 6.95. The second-order valence-electron chi connectivity index (χ2n) is 8.57. The van der Waals surface area contributed by atoms with Crippen molar-refractivity contribution in [2.24, 2.45) is 5.92 Å². The molecule has 0 unspecified atom stereocenters. The summed E-state index contributed by atoms with van der Waals surface area (Å²) < 4.78 is 5.50. The first kappa shape index (κ1) is 22.1. The Kier molecular flexibility index (Phi) is 7.43. The van der Waals surface area contributed by atoms with Gasteiger partial charge in [0.2, 0.25) is 0 Å². The summed E-state index contributed by atoms with van der Waals surface area (Å²) in [4.78, 5) is 19.7. The molecule has 2 aliphatic rings. The molecule has 2 aromatic rings. The highest BCUT2D eigenvalue weighted by molar-refractivity contribution is 6.30. The van der Waals surface area contributed by atoms with E-state index in [1.807, 2.05) is 25.1 Å². The number of likely N-dealkylation sites (tertiary alicyclic amines) is 1. The zero-order chi connectivity index (χ0) is 21.6. The lowest BCUT2D eigenvalue weighted by atomic mass is 9.94. The van der Waals surface area contributed by atoms with Gasteiger partial charge >= 0.3 is 0 Å². The second kappa shape index (κ2) is 10.4. The van der Waals surface area contributed by atoms with Gasteiger partial charge in [0.15, 0.2) is 0 Å². The SMILES string of the molecule is Cc1ccc(NCC2CCN(C3CCOCC3)CC2)c(C(=O)Nc2ccc(Cl)cn2)c1. The Labute approximate surface area is 189 Å². The molecule has 7 heteroatoms. The Bertz CT molecular complexity index is 876. The number of nitrogens with one attached hydrogen (secondary N) is 2. The maximum absolute atomic E-state index is 12.9. The van der Waals surface area contributed by atoms with Crippen LogP contribution in [0.25, 0.3) is 0 Å². The van der Waals surface area contributed by atoms with Gasteiger partial charge in [0.05, 0.1) is 10.6 Å². The number of rotatable bonds is 6. The third kappa shape index (κ3) is 5.97. The van der Waals surface area contributed by atoms with Crippen molar-refractivity contribution in [3.05, 3.63) is 52.7 Å². The first-order valence-corrected chi connectivity index (χ1v) is 11.6. The Hall–Kier alpha value is -2.15. The monoisotopic (exact) mass is 442 g/mol. The van der Waals surface area contributed by atoms with Gasteiger partial charge in [-0.2, -0.15) is 0 Å². The molecular weight excluding hydrogens is 412 g/mol. The zero-order valence-electron chi connectivity index (χ0n) is 18.1. The predicted molar refractivity (Wildman–Crippen MR) is 125 cm³/mol. The third-order valence-electron chi connectivity index (χ3n) is 6.33. The van der Waals surface area contributed by atoms with Gasteiger partial charge in [-0.25, -0.2) is 4.98 Å². The molecule has 1 amide bonds. The number of anilines is 2. The minimum atomic E-state index is -0.171. The number of pyridine rings is 1. The van der Waals surface area contributed by atoms with Crippen molar-refractivity contribution in [1.82, 2.24) is 9.88 Å². The summed E-state index contributed by atoms with van der Waals surface area (Å²) in [6.07, 6.45) is 6.22. The first-order chi connectivity index (χ1) is 15.1. The van der Waals surface area contributed by atoms with Crippen molar-refractivity contribution in [2.45, 2.75) is 38.6 Å². The van der Waals surface area contributed by atoms with Crippen LogP contribution >= 0.6 is 11.6 Å². The van der Waals surface area contributed by atoms with Crippen molar-refractivity contribution in [1.29, 1.82) is 0 Å². The zero-order valence-corrected chi connectivity index (χ0v) is 18.8. The van der Waals surface area contributed by atoms with E-state index in [1.54, 1.807) is 12.1 Å². The van der Waals surface area contributed by atoms with Crippen molar-refractivity contribution in [3.63, 3.8) is 0 Å². The van der Waals surface area contributed by atoms with Crippen LogP contribution in [0.4, 0.5) is 11.5 Å². The summed E-state index contributed by atoms with van der Waals surface area (Å²) in [5.41, 5.74) is 2.55. The molecule has 2 aliphatic heterocycles. The number of aryl methyl sites for hydroxylation is 1. The van der Waals surface area contributed by atoms with Crippen molar-refractivity contribution < 1.29 is 9.53 Å². The molecule has 2 fully saturated rings. The largest absolute Gasteiger partial charge is 0.384 e. The van der Waals surface area contributed by atoms with Crippen LogP contribution in [0.15, 0.2) is 36.5 Å². The van der Waals surface area contributed by atoms with Gasteiger partial charge in [-0.1, -0.05) is 23.2 Å². The van der Waals surface area contributed by atoms with Crippen LogP contribution < -0.4 is 10.6 Å². The number of benzene rings is 1. The van der Waals surface area contributed by atoms with E-state index in [1.165, 1.54) is 19.0 Å². The fraction of sp³-hybridized carbons (Fsp3) is 0.500. The number of amides is 1. The molecule has 31 heavy (non-hydrogen) atoms. The van der Waals surface area contributed by atoms with E-state index in [2.05, 4.69) is 20.5 Å². The van der Waals surface area contributed by atoms with Crippen LogP contribution in [0, 0.1) is 12.8 Å². The Morgan fingerprint density at radius 2 is 1.94 bits per heavy atom. The summed E-state index contributed by atoms with van der Waals surface area (Å²) in [5.74, 6) is 0.934. The van der Waals surface area contributed by atoms with Crippen molar-refractivity contribution >= 4 is 29.0 Å². The molecule has 3 heterocycles. The maximum Gasteiger partial charge on any atom is 0.258 e. The Balaban J connectivity index is 1.33. The van der Waals surface area contributed by atoms with Gasteiger partial charge in [0.1, 0.15) is 5.82 Å². The topological polar surface area (TPSA) is 66.5 Å². The van der Waals surface area contributed by atoms with Crippen LogP contribution in [0.5, 0.6) is 0 Å². The van der Waals surface area contributed by atoms with Crippen LogP contribution in [0.1, 0.15) is 41.6 Å². The van der Waals surface area contributed by atoms with Gasteiger partial charge < -0.3 is 20.3 Å². The Morgan fingerprint density at radius 3 is 2.65 bits per heavy atom. The first-order valence-electron chi connectivity index (χ1n) is 11.2. The summed E-state index contributed by atoms with van der Waals surface area (Å²) in [6.45, 7) is 6.98. The maximum atomic E-state index is 12.9. The van der Waals surface area contributed by atoms with Crippen LogP contribution in [-0.4, -0.2) is 54.7 Å². The molecule has 2 N–H and O–H groups in total. The average molecular weight is 443 g/mol. The molecule has 0 saturated carbocycles. The molecule has 0 spiro atoms. The lowest BCUT2D eigenvalue weighted by Crippen LogP contribution is -2.44. The number of ether oxygens (including phenoxy) is 1. The van der Waals surface area contributed by atoms with Gasteiger partial charge in [-0.05, 0) is 75.9 Å². The minimum absolute atomic E-state index is 0.171. The molecule has 6 nitrogen and oxygen atoms in total. The van der Waals surface area contributed by atoms with E-state index in [4.69, 9.17) is 16.3 Å². The quantitative estimate of drug-likeness (QED) is 0.684. The average Bonchev–Trinajstić information content (AvgIpc) is 2.80. The lowest BCUT2D eigenvalue weighted by molar-refractivity contribution is 0.0219. The number of piperidine rings is 1. The van der Waals surface area contributed by atoms with Crippen molar-refractivity contribution in [2.75, 3.05) is 43.5 Å². The van der Waals surface area contributed by atoms with E-state index in [9.17, 15) is 4.79 Å². The molecule has 1 aromatic carbocycles. The third-order valence-corrected chi connectivity index (χ3v) is 6.55. The molecule has 1 aromatic heterocycles. The van der Waals surface area contributed by atoms with Gasteiger partial charge in [-0.15, -0.1) is 0 Å². The van der Waals surface area contributed by atoms with E-state index >= 15 is 0 Å². The van der Waals surface area contributed by atoms with Gasteiger partial charge in [0, 0.05) is 37.7 Å². The van der Waals surface area contributed by atoms with E-state index in [0.717, 1.165) is 56.9 Å². The number of hydrogen-bond acceptors (Lipinski definition) is 5. The Morgan fingerprint density at radius 1 is 1.16 bits per heavy atom. The van der Waals surface area contributed by atoms with Gasteiger partial charge in [0.25, 0.3) is 5.91 Å². The predicted octanol–water partition coefficient (Wildman–Crippen LogP) is 4.60. The molecule has 0 bridgehead atoms. The highest BCUT2D eigenvalue weighted by atomic mass is 35.5. The summed E-state index contributed by atoms with van der Waals surface area (Å²) in [7, 11) is 0. The minimum Gasteiger partial charge on any atom is -0.384 e. The number of carbonyl (C=O) groups is 1. The molecule has 2 saturated heterocycles. The number of hydrogen-bond donors (Lipinski definition) is 2. The lowest BCUT2D eigenvalue weighted by Gasteiger charge is -2.39. The standard InChI is InChI=1S/C24H31ClN4O2/c1-17-2-4-22(21(14-17)24(30)28-23-5-3-19(25)16-27-23)26-15-18-6-10-29(11-7-18)20-8-12-31-13-9-20/h2-5,14,16,18,20,26H,6-13,15H2,1H3,(H,27,28,30). The highest BCUT2D eigenvalue weighted by Crippen LogP contribution is 2.25. The van der Waals surface area contributed by atoms with Crippen molar-refractivity contribution in [3.8, 4) is 0 Å². The number of carbonyl (C=O) groups excluding carboxylic acids is 1. The highest BCUT2D eigenvalue weighted by Gasteiger charge is 2.26. The molecule has 0 radical (unpaired) electrons. The van der Waals surface area contributed by atoms with Crippen LogP contribution in [0.3, 0.4) is 0 Å². The van der Waals surface area contributed by atoms with Gasteiger partial charge in [-0.3, -0.25) is 4.79 Å². The summed E-state index contributed by atoms with van der Waals surface area (Å²) >= 11 is 5.89. The van der Waals surface area contributed by atoms with E-state index in [0.29, 0.717) is 28.4 Å². The molecule has 0 atom stereocenters. The summed E-state index contributed by atoms with van der Waals surface area (Å²) in [6, 6.07) is 10.1. The van der Waals surface area contributed by atoms with Crippen LogP contribution in [-0.2, 0) is 4.74 Å². The molecule has 4 rings (SSSR count).